The lowest BCUT2D eigenvalue weighted by molar-refractivity contribution is 0.194. The Bertz CT molecular complexity index is 417. The van der Waals surface area contributed by atoms with Crippen LogP contribution in [0, 0.1) is 5.82 Å². The van der Waals surface area contributed by atoms with Crippen molar-refractivity contribution in [2.75, 3.05) is 13.1 Å². The van der Waals surface area contributed by atoms with Crippen molar-refractivity contribution in [3.63, 3.8) is 0 Å². The smallest absolute Gasteiger partial charge is 0.142 e. The molecule has 4 heteroatoms. The first-order chi connectivity index (χ1) is 9.06. The lowest BCUT2D eigenvalue weighted by Crippen LogP contribution is -2.40. The van der Waals surface area contributed by atoms with E-state index in [0.29, 0.717) is 12.1 Å². The van der Waals surface area contributed by atoms with Crippen LogP contribution in [0.4, 0.5) is 4.39 Å². The van der Waals surface area contributed by atoms with Crippen molar-refractivity contribution < 1.29 is 4.39 Å². The Kier molecular flexibility index (Phi) is 5.20. The highest BCUT2D eigenvalue weighted by Crippen LogP contribution is 2.18. The average Bonchev–Trinajstić information content (AvgIpc) is 2.86. The maximum atomic E-state index is 13.5. The molecule has 0 amide bonds. The summed E-state index contributed by atoms with van der Waals surface area (Å²) in [6.45, 7) is 7.26. The van der Waals surface area contributed by atoms with E-state index in [1.54, 1.807) is 12.1 Å². The molecule has 19 heavy (non-hydrogen) atoms. The van der Waals surface area contributed by atoms with Crippen LogP contribution < -0.4 is 5.32 Å². The first-order valence-electron chi connectivity index (χ1n) is 6.97. The van der Waals surface area contributed by atoms with Gasteiger partial charge in [0.2, 0.25) is 0 Å². The SMILES string of the molecule is CC(C)N(Cc1ccc(Cl)c(F)c1)CC1CCCN1. The number of rotatable bonds is 5. The summed E-state index contributed by atoms with van der Waals surface area (Å²) >= 11 is 5.72. The van der Waals surface area contributed by atoms with Gasteiger partial charge in [0.15, 0.2) is 0 Å². The fourth-order valence-electron chi connectivity index (χ4n) is 2.53. The highest BCUT2D eigenvalue weighted by atomic mass is 35.5. The maximum absolute atomic E-state index is 13.5. The standard InChI is InChI=1S/C15H22ClFN2/c1-11(2)19(10-13-4-3-7-18-13)9-12-5-6-14(16)15(17)8-12/h5-6,8,11,13,18H,3-4,7,9-10H2,1-2H3. The Morgan fingerprint density at radius 3 is 2.84 bits per heavy atom. The van der Waals surface area contributed by atoms with Gasteiger partial charge in [0.25, 0.3) is 0 Å². The van der Waals surface area contributed by atoms with Gasteiger partial charge in [-0.05, 0) is 50.9 Å². The molecule has 1 saturated heterocycles. The lowest BCUT2D eigenvalue weighted by Gasteiger charge is -2.29. The number of halogens is 2. The molecule has 1 aromatic rings. The molecule has 1 fully saturated rings. The molecule has 0 radical (unpaired) electrons. The van der Waals surface area contributed by atoms with Gasteiger partial charge in [-0.2, -0.15) is 0 Å². The quantitative estimate of drug-likeness (QED) is 0.891. The fraction of sp³-hybridized carbons (Fsp3) is 0.600. The van der Waals surface area contributed by atoms with Crippen molar-refractivity contribution >= 4 is 11.6 Å². The van der Waals surface area contributed by atoms with Crippen LogP contribution in [-0.2, 0) is 6.54 Å². The summed E-state index contributed by atoms with van der Waals surface area (Å²) in [5.74, 6) is -0.332. The second kappa shape index (κ2) is 6.69. The van der Waals surface area contributed by atoms with Crippen molar-refractivity contribution in [1.29, 1.82) is 0 Å². The zero-order valence-electron chi connectivity index (χ0n) is 11.6. The van der Waals surface area contributed by atoms with Crippen LogP contribution in [0.3, 0.4) is 0 Å². The molecule has 0 bridgehead atoms. The van der Waals surface area contributed by atoms with Crippen LogP contribution in [-0.4, -0.2) is 30.1 Å². The van der Waals surface area contributed by atoms with Crippen LogP contribution in [0.1, 0.15) is 32.3 Å². The van der Waals surface area contributed by atoms with Crippen LogP contribution in [0.15, 0.2) is 18.2 Å². The van der Waals surface area contributed by atoms with Gasteiger partial charge in [-0.25, -0.2) is 4.39 Å². The summed E-state index contributed by atoms with van der Waals surface area (Å²) in [4.78, 5) is 2.38. The highest BCUT2D eigenvalue weighted by Gasteiger charge is 2.20. The van der Waals surface area contributed by atoms with Crippen LogP contribution in [0.5, 0.6) is 0 Å². The first kappa shape index (κ1) is 14.8. The molecule has 1 aliphatic rings. The Morgan fingerprint density at radius 2 is 2.26 bits per heavy atom. The molecule has 1 aliphatic heterocycles. The monoisotopic (exact) mass is 284 g/mol. The van der Waals surface area contributed by atoms with Gasteiger partial charge in [-0.15, -0.1) is 0 Å². The van der Waals surface area contributed by atoms with E-state index >= 15 is 0 Å². The minimum atomic E-state index is -0.332. The Morgan fingerprint density at radius 1 is 1.47 bits per heavy atom. The molecular formula is C15H22ClFN2. The second-order valence-corrected chi connectivity index (χ2v) is 5.97. The summed E-state index contributed by atoms with van der Waals surface area (Å²) in [5, 5.41) is 3.70. The third-order valence-electron chi connectivity index (χ3n) is 3.72. The molecular weight excluding hydrogens is 263 g/mol. The molecule has 0 aliphatic carbocycles. The zero-order valence-corrected chi connectivity index (χ0v) is 12.4. The molecule has 1 N–H and O–H groups in total. The van der Waals surface area contributed by atoms with Gasteiger partial charge in [0, 0.05) is 25.2 Å². The van der Waals surface area contributed by atoms with E-state index in [1.165, 1.54) is 12.8 Å². The molecule has 1 aromatic carbocycles. The average molecular weight is 285 g/mol. The van der Waals surface area contributed by atoms with E-state index in [9.17, 15) is 4.39 Å². The minimum absolute atomic E-state index is 0.192. The number of hydrogen-bond acceptors (Lipinski definition) is 2. The molecule has 0 spiro atoms. The predicted molar refractivity (Wildman–Crippen MR) is 78.0 cm³/mol. The third-order valence-corrected chi connectivity index (χ3v) is 4.02. The van der Waals surface area contributed by atoms with E-state index in [4.69, 9.17) is 11.6 Å². The number of nitrogens with zero attached hydrogens (tertiary/aromatic N) is 1. The number of nitrogens with one attached hydrogen (secondary N) is 1. The van der Waals surface area contributed by atoms with Gasteiger partial charge in [0.05, 0.1) is 5.02 Å². The van der Waals surface area contributed by atoms with Crippen molar-refractivity contribution in [2.24, 2.45) is 0 Å². The lowest BCUT2D eigenvalue weighted by atomic mass is 10.1. The highest BCUT2D eigenvalue weighted by molar-refractivity contribution is 6.30. The molecule has 0 aromatic heterocycles. The summed E-state index contributed by atoms with van der Waals surface area (Å²) < 4.78 is 13.5. The van der Waals surface area contributed by atoms with E-state index in [-0.39, 0.29) is 10.8 Å². The van der Waals surface area contributed by atoms with E-state index < -0.39 is 0 Å². The van der Waals surface area contributed by atoms with Crippen LogP contribution >= 0.6 is 11.6 Å². The first-order valence-corrected chi connectivity index (χ1v) is 7.35. The largest absolute Gasteiger partial charge is 0.313 e. The third kappa shape index (κ3) is 4.16. The summed E-state index contributed by atoms with van der Waals surface area (Å²) in [6, 6.07) is 6.10. The van der Waals surface area contributed by atoms with E-state index in [2.05, 4.69) is 24.1 Å². The van der Waals surface area contributed by atoms with Gasteiger partial charge in [-0.3, -0.25) is 4.90 Å². The molecule has 1 heterocycles. The van der Waals surface area contributed by atoms with E-state index in [0.717, 1.165) is 25.2 Å². The maximum Gasteiger partial charge on any atom is 0.142 e. The van der Waals surface area contributed by atoms with Crippen molar-refractivity contribution in [3.8, 4) is 0 Å². The number of benzene rings is 1. The van der Waals surface area contributed by atoms with Crippen molar-refractivity contribution in [3.05, 3.63) is 34.6 Å². The van der Waals surface area contributed by atoms with Crippen LogP contribution in [0.2, 0.25) is 5.02 Å². The van der Waals surface area contributed by atoms with Gasteiger partial charge in [0.1, 0.15) is 5.82 Å². The summed E-state index contributed by atoms with van der Waals surface area (Å²) in [6.07, 6.45) is 2.49. The predicted octanol–water partition coefficient (Wildman–Crippen LogP) is 3.44. The van der Waals surface area contributed by atoms with Gasteiger partial charge < -0.3 is 5.32 Å². The van der Waals surface area contributed by atoms with Gasteiger partial charge >= 0.3 is 0 Å². The summed E-state index contributed by atoms with van der Waals surface area (Å²) in [5.41, 5.74) is 0.980. The molecule has 0 saturated carbocycles. The zero-order chi connectivity index (χ0) is 13.8. The molecule has 2 nitrogen and oxygen atoms in total. The van der Waals surface area contributed by atoms with Crippen molar-refractivity contribution in [2.45, 2.75) is 45.3 Å². The van der Waals surface area contributed by atoms with Gasteiger partial charge in [-0.1, -0.05) is 17.7 Å². The van der Waals surface area contributed by atoms with Crippen molar-refractivity contribution in [1.82, 2.24) is 10.2 Å². The molecule has 1 unspecified atom stereocenters. The normalized spacial score (nSPS) is 19.6. The summed E-state index contributed by atoms with van der Waals surface area (Å²) in [7, 11) is 0. The topological polar surface area (TPSA) is 15.3 Å². The number of hydrogen-bond donors (Lipinski definition) is 1. The molecule has 1 atom stereocenters. The molecule has 2 rings (SSSR count). The van der Waals surface area contributed by atoms with E-state index in [1.807, 2.05) is 6.07 Å². The minimum Gasteiger partial charge on any atom is -0.313 e. The Hall–Kier alpha value is -0.640. The molecule has 106 valence electrons. The fourth-order valence-corrected chi connectivity index (χ4v) is 2.64. The van der Waals surface area contributed by atoms with Crippen LogP contribution in [0.25, 0.3) is 0 Å². The Labute approximate surface area is 119 Å². The Balaban J connectivity index is 2.00. The second-order valence-electron chi connectivity index (χ2n) is 5.56.